The van der Waals surface area contributed by atoms with E-state index in [4.69, 9.17) is 14.2 Å². The summed E-state index contributed by atoms with van der Waals surface area (Å²) in [6.07, 6.45) is 3.24. The number of benzene rings is 2. The molecule has 188 valence electrons. The highest BCUT2D eigenvalue weighted by Gasteiger charge is 2.29. The number of carboxylic acid groups (broad SMARTS) is 1. The number of hydrogen-bond acceptors (Lipinski definition) is 5. The minimum atomic E-state index is -0.724. The SMILES string of the molecule is COc1ccc(Cc2nc3cc(-c4c(C)noc4C)c(C)cc3n2[C@H]2CC[C@H](C(=O)O)CC2)cc1F. The highest BCUT2D eigenvalue weighted by atomic mass is 19.1. The van der Waals surface area contributed by atoms with Gasteiger partial charge < -0.3 is 18.9 Å². The van der Waals surface area contributed by atoms with Gasteiger partial charge in [-0.3, -0.25) is 4.79 Å². The second kappa shape index (κ2) is 9.41. The molecule has 0 spiro atoms. The first-order valence-corrected chi connectivity index (χ1v) is 12.3. The van der Waals surface area contributed by atoms with Crippen molar-refractivity contribution >= 4 is 17.0 Å². The minimum Gasteiger partial charge on any atom is -0.494 e. The average molecular weight is 492 g/mol. The highest BCUT2D eigenvalue weighted by Crippen LogP contribution is 2.38. The number of hydrogen-bond donors (Lipinski definition) is 1. The van der Waals surface area contributed by atoms with Crippen molar-refractivity contribution in [2.45, 2.75) is 58.9 Å². The summed E-state index contributed by atoms with van der Waals surface area (Å²) in [4.78, 5) is 16.5. The Bertz CT molecular complexity index is 1430. The van der Waals surface area contributed by atoms with Gasteiger partial charge in [0.2, 0.25) is 0 Å². The van der Waals surface area contributed by atoms with Crippen LogP contribution in [-0.4, -0.2) is 32.9 Å². The van der Waals surface area contributed by atoms with Gasteiger partial charge in [0.15, 0.2) is 11.6 Å². The van der Waals surface area contributed by atoms with Crippen LogP contribution in [0.15, 0.2) is 34.9 Å². The third-order valence-electron chi connectivity index (χ3n) is 7.40. The summed E-state index contributed by atoms with van der Waals surface area (Å²) in [7, 11) is 1.45. The third-order valence-corrected chi connectivity index (χ3v) is 7.40. The molecule has 4 aromatic rings. The Hall–Kier alpha value is -3.68. The van der Waals surface area contributed by atoms with Gasteiger partial charge >= 0.3 is 5.97 Å². The fraction of sp³-hybridized carbons (Fsp3) is 0.393. The smallest absolute Gasteiger partial charge is 0.306 e. The second-order valence-electron chi connectivity index (χ2n) is 9.74. The van der Waals surface area contributed by atoms with Crippen LogP contribution in [0.3, 0.4) is 0 Å². The van der Waals surface area contributed by atoms with Gasteiger partial charge in [-0.25, -0.2) is 9.37 Å². The summed E-state index contributed by atoms with van der Waals surface area (Å²) < 4.78 is 27.2. The van der Waals surface area contributed by atoms with Crippen LogP contribution in [0, 0.1) is 32.5 Å². The van der Waals surface area contributed by atoms with Gasteiger partial charge in [0, 0.05) is 18.0 Å². The van der Waals surface area contributed by atoms with Crippen LogP contribution in [-0.2, 0) is 11.2 Å². The van der Waals surface area contributed by atoms with E-state index in [1.54, 1.807) is 6.07 Å². The normalized spacial score (nSPS) is 18.0. The molecule has 1 saturated carbocycles. The molecule has 0 amide bonds. The Morgan fingerprint density at radius 1 is 1.17 bits per heavy atom. The number of rotatable bonds is 6. The molecule has 0 unspecified atom stereocenters. The molecule has 0 aliphatic heterocycles. The molecule has 0 bridgehead atoms. The van der Waals surface area contributed by atoms with Crippen LogP contribution < -0.4 is 4.74 Å². The number of carbonyl (C=O) groups is 1. The zero-order valence-corrected chi connectivity index (χ0v) is 21.0. The number of aliphatic carboxylic acids is 1. The van der Waals surface area contributed by atoms with Crippen LogP contribution in [0.2, 0.25) is 0 Å². The second-order valence-corrected chi connectivity index (χ2v) is 9.74. The number of aryl methyl sites for hydroxylation is 3. The highest BCUT2D eigenvalue weighted by molar-refractivity contribution is 5.86. The molecule has 1 aliphatic carbocycles. The third kappa shape index (κ3) is 4.25. The lowest BCUT2D eigenvalue weighted by molar-refractivity contribution is -0.143. The lowest BCUT2D eigenvalue weighted by atomic mass is 9.85. The van der Waals surface area contributed by atoms with E-state index < -0.39 is 11.8 Å². The summed E-state index contributed by atoms with van der Waals surface area (Å²) in [6, 6.07) is 9.33. The molecule has 0 radical (unpaired) electrons. The van der Waals surface area contributed by atoms with Crippen molar-refractivity contribution in [1.29, 1.82) is 0 Å². The number of imidazole rings is 1. The van der Waals surface area contributed by atoms with Crippen molar-refractivity contribution in [2.24, 2.45) is 5.92 Å². The number of methoxy groups -OCH3 is 1. The molecular weight excluding hydrogens is 461 g/mol. The van der Waals surface area contributed by atoms with Crippen molar-refractivity contribution in [2.75, 3.05) is 7.11 Å². The molecule has 1 fully saturated rings. The Balaban J connectivity index is 1.61. The Labute approximate surface area is 208 Å². The van der Waals surface area contributed by atoms with Crippen molar-refractivity contribution in [3.05, 3.63) is 64.6 Å². The van der Waals surface area contributed by atoms with E-state index in [2.05, 4.69) is 28.8 Å². The minimum absolute atomic E-state index is 0.132. The Morgan fingerprint density at radius 3 is 2.53 bits per heavy atom. The van der Waals surface area contributed by atoms with E-state index in [1.807, 2.05) is 19.9 Å². The van der Waals surface area contributed by atoms with Gasteiger partial charge in [0.05, 0.1) is 29.8 Å². The molecule has 1 aliphatic rings. The van der Waals surface area contributed by atoms with E-state index in [1.165, 1.54) is 13.2 Å². The maximum Gasteiger partial charge on any atom is 0.306 e. The molecule has 7 nitrogen and oxygen atoms in total. The first-order valence-electron chi connectivity index (χ1n) is 12.3. The Morgan fingerprint density at radius 2 is 1.92 bits per heavy atom. The number of ether oxygens (including phenoxy) is 1. The van der Waals surface area contributed by atoms with E-state index in [-0.39, 0.29) is 17.7 Å². The van der Waals surface area contributed by atoms with Crippen LogP contribution in [0.1, 0.15) is 60.1 Å². The molecule has 8 heteroatoms. The molecule has 5 rings (SSSR count). The van der Waals surface area contributed by atoms with E-state index in [0.29, 0.717) is 19.3 Å². The van der Waals surface area contributed by atoms with Gasteiger partial charge in [-0.2, -0.15) is 0 Å². The van der Waals surface area contributed by atoms with Gasteiger partial charge in [-0.1, -0.05) is 11.2 Å². The summed E-state index contributed by atoms with van der Waals surface area (Å²) in [5.74, 6) is 0.370. The maximum absolute atomic E-state index is 14.4. The zero-order chi connectivity index (χ0) is 25.6. The molecule has 0 atom stereocenters. The van der Waals surface area contributed by atoms with E-state index in [9.17, 15) is 14.3 Å². The summed E-state index contributed by atoms with van der Waals surface area (Å²) in [5.41, 5.74) is 6.57. The molecule has 0 saturated heterocycles. The van der Waals surface area contributed by atoms with Gasteiger partial charge in [-0.15, -0.1) is 0 Å². The summed E-state index contributed by atoms with van der Waals surface area (Å²) in [6.45, 7) is 5.90. The molecule has 2 heterocycles. The summed E-state index contributed by atoms with van der Waals surface area (Å²) in [5, 5.41) is 13.6. The lowest BCUT2D eigenvalue weighted by Gasteiger charge is -2.29. The molecular formula is C28H30FN3O4. The Kier molecular flexibility index (Phi) is 6.28. The van der Waals surface area contributed by atoms with Crippen molar-refractivity contribution in [3.8, 4) is 16.9 Å². The first-order chi connectivity index (χ1) is 17.3. The van der Waals surface area contributed by atoms with E-state index in [0.717, 1.165) is 63.4 Å². The van der Waals surface area contributed by atoms with Crippen LogP contribution in [0.5, 0.6) is 5.75 Å². The molecule has 2 aromatic heterocycles. The quantitative estimate of drug-likeness (QED) is 0.347. The number of carboxylic acids is 1. The monoisotopic (exact) mass is 491 g/mol. The van der Waals surface area contributed by atoms with Crippen LogP contribution in [0.4, 0.5) is 4.39 Å². The first kappa shape index (κ1) is 24.0. The number of halogens is 1. The molecule has 36 heavy (non-hydrogen) atoms. The maximum atomic E-state index is 14.4. The van der Waals surface area contributed by atoms with Crippen molar-refractivity contribution in [3.63, 3.8) is 0 Å². The topological polar surface area (TPSA) is 90.4 Å². The van der Waals surface area contributed by atoms with Crippen molar-refractivity contribution in [1.82, 2.24) is 14.7 Å². The fourth-order valence-electron chi connectivity index (χ4n) is 5.55. The lowest BCUT2D eigenvalue weighted by Crippen LogP contribution is -2.24. The predicted molar refractivity (Wildman–Crippen MR) is 134 cm³/mol. The average Bonchev–Trinajstić information content (AvgIpc) is 3.36. The zero-order valence-electron chi connectivity index (χ0n) is 21.0. The van der Waals surface area contributed by atoms with Crippen molar-refractivity contribution < 1.29 is 23.6 Å². The summed E-state index contributed by atoms with van der Waals surface area (Å²) >= 11 is 0. The van der Waals surface area contributed by atoms with Crippen LogP contribution >= 0.6 is 0 Å². The fourth-order valence-corrected chi connectivity index (χ4v) is 5.55. The number of fused-ring (bicyclic) bond motifs is 1. The molecule has 1 N–H and O–H groups in total. The van der Waals surface area contributed by atoms with E-state index >= 15 is 0 Å². The molecule has 2 aromatic carbocycles. The van der Waals surface area contributed by atoms with Gasteiger partial charge in [0.1, 0.15) is 11.6 Å². The number of nitrogens with zero attached hydrogens (tertiary/aromatic N) is 3. The van der Waals surface area contributed by atoms with Crippen LogP contribution in [0.25, 0.3) is 22.2 Å². The number of aromatic nitrogens is 3. The van der Waals surface area contributed by atoms with Gasteiger partial charge in [0.25, 0.3) is 0 Å². The predicted octanol–water partition coefficient (Wildman–Crippen LogP) is 6.17. The largest absolute Gasteiger partial charge is 0.494 e. The standard InChI is InChI=1S/C28H30FN3O4/c1-15-11-24-23(14-21(15)27-16(2)31-36-17(27)3)30-26(13-18-5-10-25(35-4)22(29)12-18)32(24)20-8-6-19(7-9-20)28(33)34/h5,10-12,14,19-20H,6-9,13H2,1-4H3,(H,33,34)/t19-,20-. The van der Waals surface area contributed by atoms with Gasteiger partial charge in [-0.05, 0) is 87.4 Å².